The number of rotatable bonds is 4. The maximum Gasteiger partial charge on any atom is 0.310 e. The number of nitro benzene ring substituents is 1. The summed E-state index contributed by atoms with van der Waals surface area (Å²) in [5.74, 6) is -0.0677. The molecule has 1 heterocycles. The highest BCUT2D eigenvalue weighted by molar-refractivity contribution is 7.89. The first kappa shape index (κ1) is 16.7. The van der Waals surface area contributed by atoms with Gasteiger partial charge in [-0.2, -0.15) is 4.31 Å². The third-order valence-electron chi connectivity index (χ3n) is 3.93. The molecule has 1 saturated heterocycles. The highest BCUT2D eigenvalue weighted by atomic mass is 32.2. The van der Waals surface area contributed by atoms with Crippen LogP contribution in [0.15, 0.2) is 23.1 Å². The van der Waals surface area contributed by atoms with Crippen LogP contribution in [0.1, 0.15) is 13.8 Å². The van der Waals surface area contributed by atoms with E-state index in [1.165, 1.54) is 23.5 Å². The van der Waals surface area contributed by atoms with Gasteiger partial charge in [0.15, 0.2) is 5.75 Å². The molecule has 0 aliphatic carbocycles. The van der Waals surface area contributed by atoms with E-state index in [2.05, 4.69) is 5.32 Å². The van der Waals surface area contributed by atoms with Gasteiger partial charge < -0.3 is 10.1 Å². The number of benzene rings is 1. The van der Waals surface area contributed by atoms with Crippen LogP contribution in [-0.4, -0.2) is 49.9 Å². The van der Waals surface area contributed by atoms with E-state index < -0.39 is 14.9 Å². The lowest BCUT2D eigenvalue weighted by molar-refractivity contribution is -0.385. The first-order valence-electron chi connectivity index (χ1n) is 6.86. The van der Waals surface area contributed by atoms with Crippen LogP contribution in [0.2, 0.25) is 0 Å². The molecule has 0 spiro atoms. The molecule has 0 saturated carbocycles. The van der Waals surface area contributed by atoms with Gasteiger partial charge in [-0.25, -0.2) is 8.42 Å². The van der Waals surface area contributed by atoms with Gasteiger partial charge in [0.1, 0.15) is 0 Å². The number of nitrogens with one attached hydrogen (secondary N) is 1. The largest absolute Gasteiger partial charge is 0.490 e. The van der Waals surface area contributed by atoms with Crippen LogP contribution in [0.25, 0.3) is 0 Å². The molecule has 2 rings (SSSR count). The van der Waals surface area contributed by atoms with Crippen molar-refractivity contribution in [1.82, 2.24) is 9.62 Å². The van der Waals surface area contributed by atoms with Gasteiger partial charge in [0.25, 0.3) is 0 Å². The Morgan fingerprint density at radius 1 is 1.41 bits per heavy atom. The maximum absolute atomic E-state index is 12.8. The second kappa shape index (κ2) is 6.19. The summed E-state index contributed by atoms with van der Waals surface area (Å²) in [5.41, 5.74) is -0.261. The molecule has 22 heavy (non-hydrogen) atoms. The van der Waals surface area contributed by atoms with Crippen LogP contribution in [0.5, 0.6) is 5.75 Å². The van der Waals surface area contributed by atoms with Crippen LogP contribution >= 0.6 is 0 Å². The molecule has 2 unspecified atom stereocenters. The van der Waals surface area contributed by atoms with Crippen LogP contribution < -0.4 is 10.1 Å². The van der Waals surface area contributed by atoms with E-state index in [0.717, 1.165) is 6.07 Å². The molecule has 0 radical (unpaired) electrons. The van der Waals surface area contributed by atoms with E-state index >= 15 is 0 Å². The van der Waals surface area contributed by atoms with Crippen molar-refractivity contribution in [2.75, 3.05) is 20.2 Å². The number of hydrogen-bond acceptors (Lipinski definition) is 6. The summed E-state index contributed by atoms with van der Waals surface area (Å²) in [7, 11) is -2.46. The average molecular weight is 329 g/mol. The monoisotopic (exact) mass is 329 g/mol. The smallest absolute Gasteiger partial charge is 0.310 e. The summed E-state index contributed by atoms with van der Waals surface area (Å²) >= 11 is 0. The van der Waals surface area contributed by atoms with Crippen molar-refractivity contribution in [3.63, 3.8) is 0 Å². The lowest BCUT2D eigenvalue weighted by atomic mass is 10.1. The first-order valence-corrected chi connectivity index (χ1v) is 8.30. The van der Waals surface area contributed by atoms with Crippen LogP contribution in [0.3, 0.4) is 0 Å². The molecular formula is C13H19N3O5S. The Kier molecular flexibility index (Phi) is 4.69. The molecule has 0 bridgehead atoms. The van der Waals surface area contributed by atoms with Crippen molar-refractivity contribution in [2.45, 2.75) is 30.8 Å². The van der Waals surface area contributed by atoms with Crippen molar-refractivity contribution >= 4 is 15.7 Å². The highest BCUT2D eigenvalue weighted by Crippen LogP contribution is 2.31. The Balaban J connectivity index is 2.43. The van der Waals surface area contributed by atoms with E-state index in [-0.39, 0.29) is 28.4 Å². The number of methoxy groups -OCH3 is 1. The molecule has 1 N–H and O–H groups in total. The standard InChI is InChI=1S/C13H19N3O5S/c1-9-10(2)15(7-6-14-9)22(19,20)11-4-5-12(16(17)18)13(8-11)21-3/h4-5,8-10,14H,6-7H2,1-3H3. The van der Waals surface area contributed by atoms with E-state index in [1.54, 1.807) is 0 Å². The third-order valence-corrected chi connectivity index (χ3v) is 5.91. The minimum atomic E-state index is -3.73. The van der Waals surface area contributed by atoms with Crippen molar-refractivity contribution in [1.29, 1.82) is 0 Å². The predicted octanol–water partition coefficient (Wildman–Crippen LogP) is 0.974. The molecule has 1 aliphatic heterocycles. The second-order valence-corrected chi connectivity index (χ2v) is 7.08. The van der Waals surface area contributed by atoms with Gasteiger partial charge >= 0.3 is 5.69 Å². The van der Waals surface area contributed by atoms with Gasteiger partial charge in [-0.3, -0.25) is 10.1 Å². The Hall–Kier alpha value is -1.71. The van der Waals surface area contributed by atoms with Gasteiger partial charge in [0.05, 0.1) is 16.9 Å². The Bertz CT molecular complexity index is 676. The number of piperazine rings is 1. The summed E-state index contributed by atoms with van der Waals surface area (Å²) in [4.78, 5) is 10.3. The molecule has 0 amide bonds. The van der Waals surface area contributed by atoms with Gasteiger partial charge in [0.2, 0.25) is 10.0 Å². The summed E-state index contributed by atoms with van der Waals surface area (Å²) in [5, 5.41) is 14.1. The number of sulfonamides is 1. The molecule has 9 heteroatoms. The molecule has 122 valence electrons. The van der Waals surface area contributed by atoms with Gasteiger partial charge in [-0.1, -0.05) is 0 Å². The molecule has 1 aromatic carbocycles. The molecule has 2 atom stereocenters. The third kappa shape index (κ3) is 2.92. The van der Waals surface area contributed by atoms with Crippen molar-refractivity contribution in [3.8, 4) is 5.75 Å². The summed E-state index contributed by atoms with van der Waals surface area (Å²) < 4.78 is 31.9. The normalized spacial score (nSPS) is 23.2. The van der Waals surface area contributed by atoms with Crippen molar-refractivity contribution in [2.24, 2.45) is 0 Å². The zero-order valence-corrected chi connectivity index (χ0v) is 13.5. The van der Waals surface area contributed by atoms with E-state index in [9.17, 15) is 18.5 Å². The van der Waals surface area contributed by atoms with Gasteiger partial charge in [-0.15, -0.1) is 0 Å². The minimum Gasteiger partial charge on any atom is -0.490 e. The van der Waals surface area contributed by atoms with E-state index in [1.807, 2.05) is 13.8 Å². The van der Waals surface area contributed by atoms with Gasteiger partial charge in [-0.05, 0) is 19.9 Å². The lowest BCUT2D eigenvalue weighted by Crippen LogP contribution is -2.57. The van der Waals surface area contributed by atoms with Gasteiger partial charge in [0, 0.05) is 37.3 Å². The first-order chi connectivity index (χ1) is 10.3. The molecule has 1 aliphatic rings. The fraction of sp³-hybridized carbons (Fsp3) is 0.538. The predicted molar refractivity (Wildman–Crippen MR) is 80.5 cm³/mol. The summed E-state index contributed by atoms with van der Waals surface area (Å²) in [6.45, 7) is 4.67. The zero-order chi connectivity index (χ0) is 16.5. The second-order valence-electron chi connectivity index (χ2n) is 5.19. The Morgan fingerprint density at radius 2 is 2.09 bits per heavy atom. The Morgan fingerprint density at radius 3 is 2.68 bits per heavy atom. The molecule has 8 nitrogen and oxygen atoms in total. The highest BCUT2D eigenvalue weighted by Gasteiger charge is 2.35. The summed E-state index contributed by atoms with van der Waals surface area (Å²) in [6, 6.07) is 3.42. The van der Waals surface area contributed by atoms with Crippen LogP contribution in [0, 0.1) is 10.1 Å². The minimum absolute atomic E-state index is 0.00380. The SMILES string of the molecule is COc1cc(S(=O)(=O)N2CCNC(C)C2C)ccc1[N+](=O)[O-]. The van der Waals surface area contributed by atoms with Crippen molar-refractivity contribution in [3.05, 3.63) is 28.3 Å². The fourth-order valence-electron chi connectivity index (χ4n) is 2.47. The van der Waals surface area contributed by atoms with Crippen molar-refractivity contribution < 1.29 is 18.1 Å². The molecule has 1 fully saturated rings. The molecule has 1 aromatic rings. The molecule has 0 aromatic heterocycles. The topological polar surface area (TPSA) is 102 Å². The molecular weight excluding hydrogens is 310 g/mol. The van der Waals surface area contributed by atoms with E-state index in [0.29, 0.717) is 13.1 Å². The zero-order valence-electron chi connectivity index (χ0n) is 12.6. The number of nitro groups is 1. The number of nitrogens with zero attached hydrogens (tertiary/aromatic N) is 2. The van der Waals surface area contributed by atoms with Crippen LogP contribution in [-0.2, 0) is 10.0 Å². The maximum atomic E-state index is 12.8. The Labute approximate surface area is 129 Å². The quantitative estimate of drug-likeness (QED) is 0.652. The number of hydrogen-bond donors (Lipinski definition) is 1. The van der Waals surface area contributed by atoms with E-state index in [4.69, 9.17) is 4.74 Å². The number of ether oxygens (including phenoxy) is 1. The summed E-state index contributed by atoms with van der Waals surface area (Å²) in [6.07, 6.45) is 0. The van der Waals surface area contributed by atoms with Crippen LogP contribution in [0.4, 0.5) is 5.69 Å². The fourth-order valence-corrected chi connectivity index (χ4v) is 4.19. The average Bonchev–Trinajstić information content (AvgIpc) is 2.48. The lowest BCUT2D eigenvalue weighted by Gasteiger charge is -2.37.